The summed E-state index contributed by atoms with van der Waals surface area (Å²) in [6.45, 7) is 3.31. The van der Waals surface area contributed by atoms with Crippen LogP contribution in [0.4, 0.5) is 13.2 Å². The van der Waals surface area contributed by atoms with E-state index in [1.165, 1.54) is 0 Å². The molecule has 0 amide bonds. The highest BCUT2D eigenvalue weighted by molar-refractivity contribution is 7.93. The standard InChI is InChI=1S/C20H30F3NO3S/c1-14-15(2)19(26)17(24-27-28-3)16(18(14)25)12-10-8-6-4-5-7-9-11-13-20(21,22)23/h24H,4-13H2,1-3H3. The van der Waals surface area contributed by atoms with Gasteiger partial charge in [0.05, 0.1) is 0 Å². The maximum atomic E-state index is 12.5. The highest BCUT2D eigenvalue weighted by Gasteiger charge is 2.30. The molecule has 0 radical (unpaired) electrons. The van der Waals surface area contributed by atoms with Crippen molar-refractivity contribution in [2.45, 2.75) is 84.2 Å². The van der Waals surface area contributed by atoms with Crippen molar-refractivity contribution in [3.63, 3.8) is 0 Å². The zero-order chi connectivity index (χ0) is 21.2. The maximum absolute atomic E-state index is 12.5. The van der Waals surface area contributed by atoms with E-state index in [2.05, 4.69) is 5.48 Å². The molecule has 0 unspecified atom stereocenters. The molecule has 0 heterocycles. The van der Waals surface area contributed by atoms with Gasteiger partial charge in [-0.2, -0.15) is 13.2 Å². The van der Waals surface area contributed by atoms with Crippen LogP contribution in [0.15, 0.2) is 22.4 Å². The fraction of sp³-hybridized carbons (Fsp3) is 0.700. The molecule has 0 spiro atoms. The highest BCUT2D eigenvalue weighted by atomic mass is 32.2. The molecule has 1 rings (SSSR count). The van der Waals surface area contributed by atoms with Crippen LogP contribution in [0.3, 0.4) is 0 Å². The SMILES string of the molecule is CSONC1=C(CCCCCCCCCCC(F)(F)F)C(=O)C(C)=C(C)C1=O. The van der Waals surface area contributed by atoms with Crippen LogP contribution in [0.1, 0.15) is 78.1 Å². The number of allylic oxidation sites excluding steroid dienone is 3. The average molecular weight is 422 g/mol. The molecule has 0 aromatic carbocycles. The molecule has 0 aromatic heterocycles. The Morgan fingerprint density at radius 3 is 1.89 bits per heavy atom. The Morgan fingerprint density at radius 2 is 1.36 bits per heavy atom. The third kappa shape index (κ3) is 8.39. The van der Waals surface area contributed by atoms with Crippen molar-refractivity contribution in [3.05, 3.63) is 22.4 Å². The third-order valence-corrected chi connectivity index (χ3v) is 5.16. The second-order valence-electron chi connectivity index (χ2n) is 7.06. The number of nitrogens with one attached hydrogen (secondary N) is 1. The lowest BCUT2D eigenvalue weighted by Gasteiger charge is -2.21. The average Bonchev–Trinajstić information content (AvgIpc) is 2.63. The minimum atomic E-state index is -4.05. The largest absolute Gasteiger partial charge is 0.389 e. The summed E-state index contributed by atoms with van der Waals surface area (Å²) in [5.41, 5.74) is 4.21. The van der Waals surface area contributed by atoms with E-state index < -0.39 is 12.6 Å². The van der Waals surface area contributed by atoms with Gasteiger partial charge in [0.25, 0.3) is 0 Å². The predicted molar refractivity (Wildman–Crippen MR) is 105 cm³/mol. The van der Waals surface area contributed by atoms with Crippen molar-refractivity contribution in [3.8, 4) is 0 Å². The van der Waals surface area contributed by atoms with Crippen LogP contribution < -0.4 is 5.48 Å². The van der Waals surface area contributed by atoms with Gasteiger partial charge in [-0.1, -0.05) is 38.5 Å². The van der Waals surface area contributed by atoms with E-state index in [9.17, 15) is 22.8 Å². The van der Waals surface area contributed by atoms with Crippen molar-refractivity contribution < 1.29 is 27.0 Å². The first kappa shape index (κ1) is 24.8. The molecule has 160 valence electrons. The third-order valence-electron chi connectivity index (χ3n) is 4.91. The van der Waals surface area contributed by atoms with Gasteiger partial charge in [-0.25, -0.2) is 9.76 Å². The molecule has 1 N–H and O–H groups in total. The molecule has 0 aliphatic heterocycles. The lowest BCUT2D eigenvalue weighted by molar-refractivity contribution is -0.135. The molecule has 0 saturated heterocycles. The molecule has 0 fully saturated rings. The summed E-state index contributed by atoms with van der Waals surface area (Å²) in [5, 5.41) is 0. The molecule has 0 aromatic rings. The first-order valence-electron chi connectivity index (χ1n) is 9.71. The molecular weight excluding hydrogens is 391 g/mol. The highest BCUT2D eigenvalue weighted by Crippen LogP contribution is 2.27. The molecule has 1 aliphatic rings. The number of hydroxylamine groups is 1. The van der Waals surface area contributed by atoms with Crippen LogP contribution in [-0.2, 0) is 13.9 Å². The molecular formula is C20H30F3NO3S. The van der Waals surface area contributed by atoms with Crippen LogP contribution in [0.2, 0.25) is 0 Å². The van der Waals surface area contributed by atoms with Gasteiger partial charge in [-0.15, -0.1) is 0 Å². The Kier molecular flexibility index (Phi) is 10.9. The smallest absolute Gasteiger partial charge is 0.289 e. The zero-order valence-electron chi connectivity index (χ0n) is 16.8. The predicted octanol–water partition coefficient (Wildman–Crippen LogP) is 5.99. The minimum absolute atomic E-state index is 0.117. The number of hydrogen-bond acceptors (Lipinski definition) is 5. The Balaban J connectivity index is 2.34. The van der Waals surface area contributed by atoms with Gasteiger partial charge in [0.1, 0.15) is 5.70 Å². The summed E-state index contributed by atoms with van der Waals surface area (Å²) in [4.78, 5) is 25.0. The Labute approximate surface area is 169 Å². The number of carbonyl (C=O) groups excluding carboxylic acids is 2. The Morgan fingerprint density at radius 1 is 0.857 bits per heavy atom. The van der Waals surface area contributed by atoms with Gasteiger partial charge in [-0.3, -0.25) is 9.59 Å². The van der Waals surface area contributed by atoms with E-state index in [0.717, 1.165) is 50.6 Å². The van der Waals surface area contributed by atoms with Gasteiger partial charge in [0, 0.05) is 41.4 Å². The molecule has 0 atom stereocenters. The van der Waals surface area contributed by atoms with Crippen LogP contribution in [0.25, 0.3) is 0 Å². The molecule has 0 bridgehead atoms. The number of carbonyl (C=O) groups is 2. The van der Waals surface area contributed by atoms with E-state index in [1.807, 2.05) is 0 Å². The Hall–Kier alpha value is -1.28. The van der Waals surface area contributed by atoms with Crippen molar-refractivity contribution in [2.24, 2.45) is 0 Å². The van der Waals surface area contributed by atoms with Gasteiger partial charge in [-0.05, 0) is 33.1 Å². The van der Waals surface area contributed by atoms with Crippen molar-refractivity contribution in [1.82, 2.24) is 5.48 Å². The molecule has 28 heavy (non-hydrogen) atoms. The van der Waals surface area contributed by atoms with Gasteiger partial charge >= 0.3 is 6.18 Å². The van der Waals surface area contributed by atoms with Gasteiger partial charge in [0.2, 0.25) is 5.78 Å². The Bertz CT molecular complexity index is 612. The van der Waals surface area contributed by atoms with E-state index >= 15 is 0 Å². The van der Waals surface area contributed by atoms with Crippen LogP contribution in [0.5, 0.6) is 0 Å². The van der Waals surface area contributed by atoms with Crippen molar-refractivity contribution in [1.29, 1.82) is 0 Å². The van der Waals surface area contributed by atoms with Crippen LogP contribution in [-0.4, -0.2) is 24.0 Å². The molecule has 8 heteroatoms. The summed E-state index contributed by atoms with van der Waals surface area (Å²) >= 11 is 1.06. The fourth-order valence-electron chi connectivity index (χ4n) is 3.12. The number of halogens is 3. The fourth-order valence-corrected chi connectivity index (χ4v) is 3.29. The van der Waals surface area contributed by atoms with Crippen molar-refractivity contribution in [2.75, 3.05) is 6.26 Å². The number of ketones is 2. The lowest BCUT2D eigenvalue weighted by Crippen LogP contribution is -2.29. The topological polar surface area (TPSA) is 55.4 Å². The first-order valence-corrected chi connectivity index (χ1v) is 10.9. The zero-order valence-corrected chi connectivity index (χ0v) is 17.7. The van der Waals surface area contributed by atoms with Crippen molar-refractivity contribution >= 4 is 23.6 Å². The van der Waals surface area contributed by atoms with E-state index in [4.69, 9.17) is 4.28 Å². The van der Waals surface area contributed by atoms with E-state index in [1.54, 1.807) is 20.1 Å². The van der Waals surface area contributed by atoms with E-state index in [-0.39, 0.29) is 23.7 Å². The summed E-state index contributed by atoms with van der Waals surface area (Å²) in [5.74, 6) is -0.325. The van der Waals surface area contributed by atoms with Gasteiger partial charge < -0.3 is 0 Å². The number of unbranched alkanes of at least 4 members (excludes halogenated alkanes) is 7. The minimum Gasteiger partial charge on any atom is -0.289 e. The molecule has 4 nitrogen and oxygen atoms in total. The first-order chi connectivity index (χ1) is 13.2. The number of hydrogen-bond donors (Lipinski definition) is 1. The van der Waals surface area contributed by atoms with E-state index in [0.29, 0.717) is 29.6 Å². The second kappa shape index (κ2) is 12.3. The number of Topliss-reactive ketones (excluding diaryl/α,β-unsaturated/α-hetero) is 2. The number of alkyl halides is 3. The lowest BCUT2D eigenvalue weighted by atomic mass is 9.86. The molecule has 1 aliphatic carbocycles. The summed E-state index contributed by atoms with van der Waals surface area (Å²) in [7, 11) is 0. The second-order valence-corrected chi connectivity index (χ2v) is 7.56. The van der Waals surface area contributed by atoms with Crippen LogP contribution >= 0.6 is 12.0 Å². The summed E-state index contributed by atoms with van der Waals surface area (Å²) in [6.07, 6.45) is 3.64. The molecule has 0 saturated carbocycles. The maximum Gasteiger partial charge on any atom is 0.389 e. The van der Waals surface area contributed by atoms with Gasteiger partial charge in [0.15, 0.2) is 5.78 Å². The summed E-state index contributed by atoms with van der Waals surface area (Å²) < 4.78 is 41.2. The normalized spacial score (nSPS) is 15.6. The quantitative estimate of drug-likeness (QED) is 0.171. The monoisotopic (exact) mass is 421 g/mol. The van der Waals surface area contributed by atoms with Crippen LogP contribution in [0, 0.1) is 0 Å². The number of rotatable bonds is 13. The summed E-state index contributed by atoms with van der Waals surface area (Å²) in [6, 6.07) is 0.